The number of ether oxygens (including phenoxy) is 2. The van der Waals surface area contributed by atoms with Gasteiger partial charge in [0.25, 0.3) is 5.56 Å². The molecule has 0 N–H and O–H groups in total. The molecule has 0 bridgehead atoms. The largest absolute Gasteiger partial charge is 0.490 e. The molecule has 1 saturated heterocycles. The predicted octanol–water partition coefficient (Wildman–Crippen LogP) is 2.43. The predicted molar refractivity (Wildman–Crippen MR) is 109 cm³/mol. The lowest BCUT2D eigenvalue weighted by molar-refractivity contribution is 0.173. The molecule has 7 nitrogen and oxygen atoms in total. The summed E-state index contributed by atoms with van der Waals surface area (Å²) < 4.78 is 15.2. The minimum atomic E-state index is -0.0342. The van der Waals surface area contributed by atoms with Gasteiger partial charge in [0.2, 0.25) is 0 Å². The van der Waals surface area contributed by atoms with E-state index in [9.17, 15) is 4.79 Å². The number of aromatic nitrogens is 3. The number of benzene rings is 1. The topological polar surface area (TPSA) is 61.5 Å². The normalized spacial score (nSPS) is 15.3. The molecule has 0 spiro atoms. The first-order valence-corrected chi connectivity index (χ1v) is 9.67. The van der Waals surface area contributed by atoms with Crippen LogP contribution in [0, 0.1) is 0 Å². The summed E-state index contributed by atoms with van der Waals surface area (Å²) in [4.78, 5) is 18.4. The first-order valence-electron chi connectivity index (χ1n) is 9.67. The first kappa shape index (κ1) is 18.6. The van der Waals surface area contributed by atoms with Crippen molar-refractivity contribution < 1.29 is 9.47 Å². The lowest BCUT2D eigenvalue weighted by atomic mass is 10.1. The standard InChI is InChI=1S/C21H26N4O3/c1-23-15-22-20(14-21(23)26)25-9-6-16(7-10-25)28-19-5-3-4-18-17(19)8-11-24(18)12-13-27-2/h3-5,8,11,14-16H,6-7,9-10,12-13H2,1-2H3. The molecule has 28 heavy (non-hydrogen) atoms. The molecule has 148 valence electrons. The summed E-state index contributed by atoms with van der Waals surface area (Å²) in [5, 5.41) is 1.13. The van der Waals surface area contributed by atoms with Gasteiger partial charge in [-0.05, 0) is 18.2 Å². The van der Waals surface area contributed by atoms with Gasteiger partial charge in [-0.2, -0.15) is 0 Å². The summed E-state index contributed by atoms with van der Waals surface area (Å²) in [7, 11) is 3.43. The average molecular weight is 382 g/mol. The summed E-state index contributed by atoms with van der Waals surface area (Å²) in [5.74, 6) is 1.68. The Morgan fingerprint density at radius 3 is 2.79 bits per heavy atom. The van der Waals surface area contributed by atoms with Crippen LogP contribution in [0.15, 0.2) is 47.7 Å². The molecular weight excluding hydrogens is 356 g/mol. The van der Waals surface area contributed by atoms with Gasteiger partial charge in [-0.3, -0.25) is 4.79 Å². The highest BCUT2D eigenvalue weighted by atomic mass is 16.5. The summed E-state index contributed by atoms with van der Waals surface area (Å²) in [5.41, 5.74) is 1.13. The van der Waals surface area contributed by atoms with Crippen LogP contribution in [-0.2, 0) is 18.3 Å². The van der Waals surface area contributed by atoms with Crippen molar-refractivity contribution in [1.82, 2.24) is 14.1 Å². The lowest BCUT2D eigenvalue weighted by Crippen LogP contribution is -2.39. The third-order valence-electron chi connectivity index (χ3n) is 5.33. The number of nitrogens with zero attached hydrogens (tertiary/aromatic N) is 4. The van der Waals surface area contributed by atoms with Crippen LogP contribution in [0.3, 0.4) is 0 Å². The fourth-order valence-electron chi connectivity index (χ4n) is 3.69. The van der Waals surface area contributed by atoms with E-state index in [1.54, 1.807) is 26.6 Å². The Kier molecular flexibility index (Phi) is 5.34. The third-order valence-corrected chi connectivity index (χ3v) is 5.33. The number of hydrogen-bond acceptors (Lipinski definition) is 5. The highest BCUT2D eigenvalue weighted by molar-refractivity contribution is 5.86. The molecule has 1 aliphatic rings. The fourth-order valence-corrected chi connectivity index (χ4v) is 3.69. The van der Waals surface area contributed by atoms with E-state index in [2.05, 4.69) is 32.8 Å². The van der Waals surface area contributed by atoms with E-state index in [4.69, 9.17) is 9.47 Å². The van der Waals surface area contributed by atoms with Crippen molar-refractivity contribution in [3.8, 4) is 5.75 Å². The van der Waals surface area contributed by atoms with Gasteiger partial charge in [0.05, 0.1) is 18.5 Å². The van der Waals surface area contributed by atoms with Crippen LogP contribution in [0.25, 0.3) is 10.9 Å². The molecular formula is C21H26N4O3. The van der Waals surface area contributed by atoms with Crippen LogP contribution in [0.2, 0.25) is 0 Å². The highest BCUT2D eigenvalue weighted by Crippen LogP contribution is 2.29. The van der Waals surface area contributed by atoms with E-state index in [1.807, 2.05) is 12.1 Å². The van der Waals surface area contributed by atoms with Gasteiger partial charge >= 0.3 is 0 Å². The molecule has 0 amide bonds. The van der Waals surface area contributed by atoms with Gasteiger partial charge in [0.1, 0.15) is 17.7 Å². The third kappa shape index (κ3) is 3.75. The van der Waals surface area contributed by atoms with Crippen LogP contribution in [0.1, 0.15) is 12.8 Å². The van der Waals surface area contributed by atoms with E-state index < -0.39 is 0 Å². The zero-order valence-corrected chi connectivity index (χ0v) is 16.4. The maximum atomic E-state index is 11.8. The second kappa shape index (κ2) is 8.06. The maximum absolute atomic E-state index is 11.8. The van der Waals surface area contributed by atoms with Crippen molar-refractivity contribution in [2.45, 2.75) is 25.5 Å². The van der Waals surface area contributed by atoms with Gasteiger partial charge < -0.3 is 23.5 Å². The first-order chi connectivity index (χ1) is 13.7. The monoisotopic (exact) mass is 382 g/mol. The lowest BCUT2D eigenvalue weighted by Gasteiger charge is -2.33. The second-order valence-electron chi connectivity index (χ2n) is 7.19. The second-order valence-corrected chi connectivity index (χ2v) is 7.19. The molecule has 0 radical (unpaired) electrons. The van der Waals surface area contributed by atoms with Crippen molar-refractivity contribution in [3.05, 3.63) is 53.2 Å². The van der Waals surface area contributed by atoms with Crippen LogP contribution in [0.5, 0.6) is 5.75 Å². The molecule has 0 aliphatic carbocycles. The minimum Gasteiger partial charge on any atom is -0.490 e. The zero-order chi connectivity index (χ0) is 19.5. The Hall–Kier alpha value is -2.80. The highest BCUT2D eigenvalue weighted by Gasteiger charge is 2.22. The molecule has 1 aliphatic heterocycles. The molecule has 7 heteroatoms. The van der Waals surface area contributed by atoms with Crippen molar-refractivity contribution in [2.24, 2.45) is 7.05 Å². The van der Waals surface area contributed by atoms with Crippen molar-refractivity contribution >= 4 is 16.7 Å². The summed E-state index contributed by atoms with van der Waals surface area (Å²) in [6.45, 7) is 3.17. The number of fused-ring (bicyclic) bond motifs is 1. The molecule has 1 aromatic carbocycles. The van der Waals surface area contributed by atoms with E-state index in [0.29, 0.717) is 6.61 Å². The van der Waals surface area contributed by atoms with E-state index in [1.165, 1.54) is 4.57 Å². The van der Waals surface area contributed by atoms with Gasteiger partial charge in [0, 0.05) is 64.3 Å². The Labute approximate surface area is 164 Å². The van der Waals surface area contributed by atoms with Crippen molar-refractivity contribution in [2.75, 3.05) is 31.7 Å². The van der Waals surface area contributed by atoms with E-state index >= 15 is 0 Å². The molecule has 3 heterocycles. The maximum Gasteiger partial charge on any atom is 0.255 e. The Balaban J connectivity index is 1.43. The van der Waals surface area contributed by atoms with E-state index in [0.717, 1.165) is 54.9 Å². The average Bonchev–Trinajstić information content (AvgIpc) is 3.13. The van der Waals surface area contributed by atoms with Gasteiger partial charge in [-0.1, -0.05) is 6.07 Å². The number of anilines is 1. The smallest absolute Gasteiger partial charge is 0.255 e. The molecule has 0 atom stereocenters. The molecule has 4 rings (SSSR count). The molecule has 0 unspecified atom stereocenters. The quantitative estimate of drug-likeness (QED) is 0.655. The number of methoxy groups -OCH3 is 1. The fraction of sp³-hybridized carbons (Fsp3) is 0.429. The van der Waals surface area contributed by atoms with Gasteiger partial charge in [-0.25, -0.2) is 4.98 Å². The van der Waals surface area contributed by atoms with Crippen molar-refractivity contribution in [3.63, 3.8) is 0 Å². The molecule has 1 fully saturated rings. The van der Waals surface area contributed by atoms with Crippen LogP contribution < -0.4 is 15.2 Å². The van der Waals surface area contributed by atoms with E-state index in [-0.39, 0.29) is 11.7 Å². The number of rotatable bonds is 6. The summed E-state index contributed by atoms with van der Waals surface area (Å²) in [6.07, 6.45) is 5.63. The summed E-state index contributed by atoms with van der Waals surface area (Å²) >= 11 is 0. The van der Waals surface area contributed by atoms with Crippen LogP contribution in [0.4, 0.5) is 5.82 Å². The zero-order valence-electron chi connectivity index (χ0n) is 16.4. The Morgan fingerprint density at radius 2 is 2.04 bits per heavy atom. The van der Waals surface area contributed by atoms with Gasteiger partial charge in [0.15, 0.2) is 0 Å². The molecule has 3 aromatic rings. The number of aryl methyl sites for hydroxylation is 1. The summed E-state index contributed by atoms with van der Waals surface area (Å²) in [6, 6.07) is 9.91. The van der Waals surface area contributed by atoms with Crippen LogP contribution in [-0.4, -0.2) is 47.0 Å². The minimum absolute atomic E-state index is 0.0342. The molecule has 0 saturated carbocycles. The van der Waals surface area contributed by atoms with Crippen molar-refractivity contribution in [1.29, 1.82) is 0 Å². The Bertz CT molecular complexity index is 1000. The Morgan fingerprint density at radius 1 is 1.21 bits per heavy atom. The van der Waals surface area contributed by atoms with Gasteiger partial charge in [-0.15, -0.1) is 0 Å². The number of piperidine rings is 1. The molecule has 2 aromatic heterocycles. The SMILES string of the molecule is COCCn1ccc2c(OC3CCN(c4cc(=O)n(C)cn4)CC3)cccc21. The van der Waals surface area contributed by atoms with Crippen LogP contribution >= 0.6 is 0 Å². The number of hydrogen-bond donors (Lipinski definition) is 0.